The van der Waals surface area contributed by atoms with E-state index in [-0.39, 0.29) is 29.8 Å². The second-order valence-electron chi connectivity index (χ2n) is 11.1. The van der Waals surface area contributed by atoms with Crippen LogP contribution in [0.5, 0.6) is 0 Å². The topological polar surface area (TPSA) is 139 Å². The van der Waals surface area contributed by atoms with Crippen LogP contribution in [0.2, 0.25) is 0 Å². The molecule has 0 fully saturated rings. The molecule has 1 amide bonds. The molecule has 3 aromatic heterocycles. The molecule has 3 N–H and O–H groups in total. The molecule has 0 unspecified atom stereocenters. The van der Waals surface area contributed by atoms with Gasteiger partial charge < -0.3 is 15.7 Å². The smallest absolute Gasteiger partial charge is 0.273 e. The van der Waals surface area contributed by atoms with E-state index in [1.807, 2.05) is 46.9 Å². The number of nitrogens with zero attached hydrogens (tertiary/aromatic N) is 8. The fourth-order valence-electron chi connectivity index (χ4n) is 4.76. The maximum Gasteiger partial charge on any atom is 0.273 e. The molecule has 1 aromatic carbocycles. The predicted molar refractivity (Wildman–Crippen MR) is 151 cm³/mol. The highest BCUT2D eigenvalue weighted by Gasteiger charge is 2.26. The van der Waals surface area contributed by atoms with Crippen LogP contribution in [-0.4, -0.2) is 70.4 Å². The van der Waals surface area contributed by atoms with Crippen LogP contribution in [0.15, 0.2) is 42.9 Å². The van der Waals surface area contributed by atoms with Gasteiger partial charge in [-0.1, -0.05) is 17.3 Å². The second kappa shape index (κ2) is 11.1. The van der Waals surface area contributed by atoms with Crippen molar-refractivity contribution in [2.45, 2.75) is 52.2 Å². The Bertz CT molecular complexity index is 1500. The molecule has 0 radical (unpaired) electrons. The first kappa shape index (κ1) is 27.4. The Morgan fingerprint density at radius 2 is 2.05 bits per heavy atom. The SMILES string of the molecule is Cc1c(Nc2nccc(-c3ccc4c(c3)CN(CCO)CC[C@@H]4NC(=O)c3cn(C(C)(C)C)nn3)n2)cnn1C. The number of fused-ring (bicyclic) bond motifs is 1. The number of aromatic nitrogens is 7. The van der Waals surface area contributed by atoms with Crippen molar-refractivity contribution in [3.8, 4) is 11.3 Å². The van der Waals surface area contributed by atoms with Crippen molar-refractivity contribution in [2.24, 2.45) is 7.05 Å². The molecule has 0 aliphatic carbocycles. The summed E-state index contributed by atoms with van der Waals surface area (Å²) in [5.41, 5.74) is 5.68. The molecule has 0 bridgehead atoms. The molecule has 4 heterocycles. The second-order valence-corrected chi connectivity index (χ2v) is 11.1. The molecule has 0 spiro atoms. The van der Waals surface area contributed by atoms with E-state index < -0.39 is 0 Å². The zero-order valence-electron chi connectivity index (χ0n) is 23.6. The van der Waals surface area contributed by atoms with Crippen LogP contribution in [0, 0.1) is 6.92 Å². The summed E-state index contributed by atoms with van der Waals surface area (Å²) >= 11 is 0. The van der Waals surface area contributed by atoms with Crippen molar-refractivity contribution < 1.29 is 9.90 Å². The molecule has 210 valence electrons. The Labute approximate surface area is 233 Å². The summed E-state index contributed by atoms with van der Waals surface area (Å²) in [5.74, 6) is 0.224. The maximum atomic E-state index is 13.2. The highest BCUT2D eigenvalue weighted by Crippen LogP contribution is 2.31. The normalized spacial score (nSPS) is 15.9. The predicted octanol–water partition coefficient (Wildman–Crippen LogP) is 2.94. The van der Waals surface area contributed by atoms with E-state index in [1.165, 1.54) is 0 Å². The van der Waals surface area contributed by atoms with Crippen LogP contribution in [-0.2, 0) is 19.1 Å². The third-order valence-electron chi connectivity index (χ3n) is 7.21. The van der Waals surface area contributed by atoms with E-state index in [4.69, 9.17) is 4.98 Å². The number of carbonyl (C=O) groups excluding carboxylic acids is 1. The van der Waals surface area contributed by atoms with Crippen molar-refractivity contribution in [3.05, 3.63) is 65.4 Å². The third-order valence-corrected chi connectivity index (χ3v) is 7.21. The fraction of sp³-hybridized carbons (Fsp3) is 0.429. The number of aryl methyl sites for hydroxylation is 1. The van der Waals surface area contributed by atoms with E-state index in [0.717, 1.165) is 40.3 Å². The van der Waals surface area contributed by atoms with Gasteiger partial charge in [-0.15, -0.1) is 5.10 Å². The van der Waals surface area contributed by atoms with Gasteiger partial charge in [-0.25, -0.2) is 14.6 Å². The van der Waals surface area contributed by atoms with Gasteiger partial charge in [0.15, 0.2) is 5.69 Å². The lowest BCUT2D eigenvalue weighted by Crippen LogP contribution is -2.31. The molecule has 12 nitrogen and oxygen atoms in total. The number of hydrogen-bond donors (Lipinski definition) is 3. The third kappa shape index (κ3) is 5.87. The minimum Gasteiger partial charge on any atom is -0.395 e. The Balaban J connectivity index is 1.42. The lowest BCUT2D eigenvalue weighted by Gasteiger charge is -2.19. The van der Waals surface area contributed by atoms with Crippen LogP contribution in [0.1, 0.15) is 60.5 Å². The molecule has 5 rings (SSSR count). The zero-order chi connectivity index (χ0) is 28.4. The van der Waals surface area contributed by atoms with Crippen molar-refractivity contribution in [1.29, 1.82) is 0 Å². The van der Waals surface area contributed by atoms with Crippen molar-refractivity contribution in [1.82, 2.24) is 45.0 Å². The van der Waals surface area contributed by atoms with E-state index in [0.29, 0.717) is 25.5 Å². The molecule has 1 aliphatic heterocycles. The van der Waals surface area contributed by atoms with Crippen LogP contribution >= 0.6 is 0 Å². The van der Waals surface area contributed by atoms with Crippen LogP contribution in [0.4, 0.5) is 11.6 Å². The number of aliphatic hydroxyl groups is 1. The van der Waals surface area contributed by atoms with E-state index >= 15 is 0 Å². The van der Waals surface area contributed by atoms with Crippen LogP contribution in [0.3, 0.4) is 0 Å². The summed E-state index contributed by atoms with van der Waals surface area (Å²) < 4.78 is 3.48. The first-order chi connectivity index (χ1) is 19.1. The van der Waals surface area contributed by atoms with Gasteiger partial charge in [0.2, 0.25) is 5.95 Å². The van der Waals surface area contributed by atoms with E-state index in [1.54, 1.807) is 28.0 Å². The fourth-order valence-corrected chi connectivity index (χ4v) is 4.76. The lowest BCUT2D eigenvalue weighted by atomic mass is 9.96. The van der Waals surface area contributed by atoms with Gasteiger partial charge >= 0.3 is 0 Å². The van der Waals surface area contributed by atoms with Gasteiger partial charge in [-0.2, -0.15) is 5.10 Å². The van der Waals surface area contributed by atoms with E-state index in [2.05, 4.69) is 48.1 Å². The summed E-state index contributed by atoms with van der Waals surface area (Å²) in [6.45, 7) is 10.0. The Morgan fingerprint density at radius 3 is 2.75 bits per heavy atom. The van der Waals surface area contributed by atoms with Crippen molar-refractivity contribution >= 4 is 17.5 Å². The molecular weight excluding hydrogens is 508 g/mol. The standard InChI is InChI=1S/C28H36N10O2/c1-18-24(15-30-36(18)5)33-27-29-10-8-22(32-27)19-6-7-21-20(14-19)16-37(12-13-39)11-9-23(21)31-26(40)25-17-38(35-34-25)28(2,3)4/h6-8,10,14-15,17,23,39H,9,11-13,16H2,1-5H3,(H,31,40)(H,29,32,33)/t23-/m0/s1. The number of aliphatic hydroxyl groups excluding tert-OH is 1. The average Bonchev–Trinajstić information content (AvgIpc) is 3.50. The first-order valence-corrected chi connectivity index (χ1v) is 13.4. The van der Waals surface area contributed by atoms with Gasteiger partial charge in [0.25, 0.3) is 5.91 Å². The number of amides is 1. The molecule has 1 aliphatic rings. The number of hydrogen-bond acceptors (Lipinski definition) is 9. The minimum absolute atomic E-state index is 0.0661. The summed E-state index contributed by atoms with van der Waals surface area (Å²) in [6.07, 6.45) is 5.87. The molecule has 4 aromatic rings. The highest BCUT2D eigenvalue weighted by molar-refractivity contribution is 5.92. The van der Waals surface area contributed by atoms with Gasteiger partial charge in [0, 0.05) is 38.4 Å². The Hall–Kier alpha value is -4.16. The minimum atomic E-state index is -0.269. The molecule has 12 heteroatoms. The number of nitrogens with one attached hydrogen (secondary N) is 2. The maximum absolute atomic E-state index is 13.2. The number of rotatable bonds is 7. The molecular formula is C28H36N10O2. The first-order valence-electron chi connectivity index (χ1n) is 13.4. The van der Waals surface area contributed by atoms with Gasteiger partial charge in [-0.3, -0.25) is 14.4 Å². The zero-order valence-corrected chi connectivity index (χ0v) is 23.6. The lowest BCUT2D eigenvalue weighted by molar-refractivity contribution is 0.0926. The number of anilines is 2. The summed E-state index contributed by atoms with van der Waals surface area (Å²) in [6, 6.07) is 7.86. The summed E-state index contributed by atoms with van der Waals surface area (Å²) in [7, 11) is 1.89. The number of β-amino-alcohol motifs (C(OH)–C–C–N with tert-alkyl or cyclic N) is 1. The Morgan fingerprint density at radius 1 is 1.23 bits per heavy atom. The average molecular weight is 545 g/mol. The molecule has 1 atom stereocenters. The number of benzene rings is 1. The van der Waals surface area contributed by atoms with Crippen molar-refractivity contribution in [3.63, 3.8) is 0 Å². The molecule has 0 saturated carbocycles. The summed E-state index contributed by atoms with van der Waals surface area (Å²) in [5, 5.41) is 28.6. The quantitative estimate of drug-likeness (QED) is 0.320. The van der Waals surface area contributed by atoms with Gasteiger partial charge in [-0.05, 0) is 57.4 Å². The van der Waals surface area contributed by atoms with Gasteiger partial charge in [0.1, 0.15) is 0 Å². The summed E-state index contributed by atoms with van der Waals surface area (Å²) in [4.78, 5) is 24.5. The molecule has 40 heavy (non-hydrogen) atoms. The number of carbonyl (C=O) groups is 1. The highest BCUT2D eigenvalue weighted by atomic mass is 16.3. The van der Waals surface area contributed by atoms with Crippen molar-refractivity contribution in [2.75, 3.05) is 25.0 Å². The molecule has 0 saturated heterocycles. The van der Waals surface area contributed by atoms with E-state index in [9.17, 15) is 9.90 Å². The van der Waals surface area contributed by atoms with Crippen LogP contribution < -0.4 is 10.6 Å². The Kier molecular flexibility index (Phi) is 7.63. The van der Waals surface area contributed by atoms with Crippen LogP contribution in [0.25, 0.3) is 11.3 Å². The monoisotopic (exact) mass is 544 g/mol. The largest absolute Gasteiger partial charge is 0.395 e. The van der Waals surface area contributed by atoms with Gasteiger partial charge in [0.05, 0.1) is 47.7 Å².